The maximum Gasteiger partial charge on any atom is 0.201 e. The van der Waals surface area contributed by atoms with Gasteiger partial charge in [0.05, 0.1) is 0 Å². The Morgan fingerprint density at radius 1 is 0.576 bits per heavy atom. The molecule has 2 fully saturated rings. The van der Waals surface area contributed by atoms with E-state index in [1.807, 2.05) is 0 Å². The molecule has 0 atom stereocenters. The molecule has 180 valence electrons. The van der Waals surface area contributed by atoms with Gasteiger partial charge in [-0.25, -0.2) is 8.78 Å². The summed E-state index contributed by atoms with van der Waals surface area (Å²) in [6, 6.07) is 5.72. The van der Waals surface area contributed by atoms with Gasteiger partial charge in [-0.1, -0.05) is 38.8 Å². The van der Waals surface area contributed by atoms with Crippen molar-refractivity contribution < 1.29 is 22.3 Å². The number of halogens is 4. The largest absolute Gasteiger partial charge is 0.451 e. The molecular formula is C28H34F4O. The SMILES string of the molecule is CCC1CCC(c2ccc(Oc3ccc(C4CCC(CC)CC4)c(F)c3F)c(F)c2F)CC1. The molecule has 2 aliphatic carbocycles. The normalized spacial score (nSPS) is 25.8. The zero-order valence-corrected chi connectivity index (χ0v) is 19.6. The maximum atomic E-state index is 14.9. The molecule has 4 rings (SSSR count). The average molecular weight is 463 g/mol. The Labute approximate surface area is 194 Å². The molecule has 0 heterocycles. The van der Waals surface area contributed by atoms with Crippen LogP contribution in [-0.4, -0.2) is 0 Å². The van der Waals surface area contributed by atoms with E-state index in [0.717, 1.165) is 64.2 Å². The predicted molar refractivity (Wildman–Crippen MR) is 123 cm³/mol. The first-order valence-corrected chi connectivity index (χ1v) is 12.6. The highest BCUT2D eigenvalue weighted by Crippen LogP contribution is 2.42. The van der Waals surface area contributed by atoms with Crippen LogP contribution in [0.1, 0.15) is 101 Å². The van der Waals surface area contributed by atoms with Gasteiger partial charge < -0.3 is 4.74 Å². The quantitative estimate of drug-likeness (QED) is 0.389. The molecule has 0 spiro atoms. The Morgan fingerprint density at radius 3 is 1.27 bits per heavy atom. The Kier molecular flexibility index (Phi) is 7.65. The third-order valence-electron chi connectivity index (χ3n) is 8.10. The van der Waals surface area contributed by atoms with E-state index in [9.17, 15) is 17.6 Å². The van der Waals surface area contributed by atoms with Crippen molar-refractivity contribution in [3.8, 4) is 11.5 Å². The molecule has 33 heavy (non-hydrogen) atoms. The van der Waals surface area contributed by atoms with E-state index in [-0.39, 0.29) is 11.8 Å². The van der Waals surface area contributed by atoms with Crippen LogP contribution in [-0.2, 0) is 0 Å². The fourth-order valence-electron chi connectivity index (χ4n) is 5.76. The number of rotatable bonds is 6. The first-order valence-electron chi connectivity index (χ1n) is 12.6. The van der Waals surface area contributed by atoms with Gasteiger partial charge in [-0.15, -0.1) is 0 Å². The Bertz CT molecular complexity index is 879. The molecule has 2 saturated carbocycles. The molecule has 0 aromatic heterocycles. The summed E-state index contributed by atoms with van der Waals surface area (Å²) in [5, 5.41) is 0. The van der Waals surface area contributed by atoms with Crippen molar-refractivity contribution in [2.75, 3.05) is 0 Å². The highest BCUT2D eigenvalue weighted by Gasteiger charge is 2.28. The molecule has 5 heteroatoms. The van der Waals surface area contributed by atoms with Crippen molar-refractivity contribution in [2.45, 2.75) is 89.9 Å². The number of hydrogen-bond donors (Lipinski definition) is 0. The minimum Gasteiger partial charge on any atom is -0.451 e. The van der Waals surface area contributed by atoms with E-state index >= 15 is 0 Å². The van der Waals surface area contributed by atoms with Crippen molar-refractivity contribution in [3.05, 3.63) is 58.7 Å². The summed E-state index contributed by atoms with van der Waals surface area (Å²) in [6.07, 6.45) is 9.58. The first-order chi connectivity index (χ1) is 15.9. The second-order valence-corrected chi connectivity index (χ2v) is 9.92. The minimum absolute atomic E-state index is 0.0207. The molecule has 2 aromatic carbocycles. The number of hydrogen-bond acceptors (Lipinski definition) is 1. The third kappa shape index (κ3) is 5.07. The molecule has 0 bridgehead atoms. The van der Waals surface area contributed by atoms with Crippen LogP contribution in [0.25, 0.3) is 0 Å². The van der Waals surface area contributed by atoms with Gasteiger partial charge in [0.1, 0.15) is 0 Å². The molecule has 0 amide bonds. The van der Waals surface area contributed by atoms with Gasteiger partial charge in [-0.2, -0.15) is 8.78 Å². The van der Waals surface area contributed by atoms with E-state index in [4.69, 9.17) is 4.74 Å². The van der Waals surface area contributed by atoms with Crippen molar-refractivity contribution in [2.24, 2.45) is 11.8 Å². The number of ether oxygens (including phenoxy) is 1. The van der Waals surface area contributed by atoms with Crippen LogP contribution < -0.4 is 4.74 Å². The monoisotopic (exact) mass is 462 g/mol. The smallest absolute Gasteiger partial charge is 0.201 e. The molecule has 0 aliphatic heterocycles. The molecule has 0 radical (unpaired) electrons. The second kappa shape index (κ2) is 10.5. The van der Waals surface area contributed by atoms with E-state index in [1.54, 1.807) is 0 Å². The van der Waals surface area contributed by atoms with Crippen molar-refractivity contribution in [1.82, 2.24) is 0 Å². The lowest BCUT2D eigenvalue weighted by atomic mass is 9.77. The van der Waals surface area contributed by atoms with Crippen LogP contribution >= 0.6 is 0 Å². The highest BCUT2D eigenvalue weighted by atomic mass is 19.2. The first kappa shape index (κ1) is 24.1. The van der Waals surface area contributed by atoms with Crippen LogP contribution in [0.2, 0.25) is 0 Å². The average Bonchev–Trinajstić information content (AvgIpc) is 2.85. The van der Waals surface area contributed by atoms with Crippen LogP contribution in [0.3, 0.4) is 0 Å². The van der Waals surface area contributed by atoms with Gasteiger partial charge in [0.25, 0.3) is 0 Å². The topological polar surface area (TPSA) is 9.23 Å². The lowest BCUT2D eigenvalue weighted by Crippen LogP contribution is -2.15. The molecular weight excluding hydrogens is 428 g/mol. The third-order valence-corrected chi connectivity index (χ3v) is 8.10. The van der Waals surface area contributed by atoms with Crippen LogP contribution in [0.15, 0.2) is 24.3 Å². The summed E-state index contributed by atoms with van der Waals surface area (Å²) in [4.78, 5) is 0. The molecule has 2 aliphatic rings. The Hall–Kier alpha value is -2.04. The second-order valence-electron chi connectivity index (χ2n) is 9.92. The zero-order valence-electron chi connectivity index (χ0n) is 19.6. The van der Waals surface area contributed by atoms with Gasteiger partial charge in [0.15, 0.2) is 23.1 Å². The highest BCUT2D eigenvalue weighted by molar-refractivity contribution is 5.39. The van der Waals surface area contributed by atoms with E-state index < -0.39 is 34.8 Å². The van der Waals surface area contributed by atoms with E-state index in [2.05, 4.69) is 13.8 Å². The minimum atomic E-state index is -1.15. The van der Waals surface area contributed by atoms with Crippen molar-refractivity contribution >= 4 is 0 Å². The standard InChI is InChI=1S/C28H34F4O/c1-3-17-5-9-19(10-6-17)21-13-15-23(27(31)25(21)29)33-24-16-14-22(26(30)28(24)32)20-11-7-18(4-2)8-12-20/h13-20H,3-12H2,1-2H3. The summed E-state index contributed by atoms with van der Waals surface area (Å²) in [6.45, 7) is 4.31. The maximum absolute atomic E-state index is 14.9. The van der Waals surface area contributed by atoms with Gasteiger partial charge in [-0.05, 0) is 98.3 Å². The number of benzene rings is 2. The van der Waals surface area contributed by atoms with Crippen LogP contribution in [0, 0.1) is 35.1 Å². The zero-order chi connectivity index (χ0) is 23.5. The fraction of sp³-hybridized carbons (Fsp3) is 0.571. The van der Waals surface area contributed by atoms with Crippen molar-refractivity contribution in [1.29, 1.82) is 0 Å². The molecule has 0 unspecified atom stereocenters. The summed E-state index contributed by atoms with van der Waals surface area (Å²) in [5.41, 5.74) is 0.693. The Morgan fingerprint density at radius 2 is 0.939 bits per heavy atom. The lowest BCUT2D eigenvalue weighted by molar-refractivity contribution is 0.309. The Balaban J connectivity index is 1.50. The van der Waals surface area contributed by atoms with Crippen LogP contribution in [0.4, 0.5) is 17.6 Å². The molecule has 1 nitrogen and oxygen atoms in total. The van der Waals surface area contributed by atoms with E-state index in [1.165, 1.54) is 24.3 Å². The summed E-state index contributed by atoms with van der Waals surface area (Å²) in [5.74, 6) is -3.77. The summed E-state index contributed by atoms with van der Waals surface area (Å²) >= 11 is 0. The summed E-state index contributed by atoms with van der Waals surface area (Å²) < 4.78 is 64.6. The van der Waals surface area contributed by atoms with E-state index in [0.29, 0.717) is 23.0 Å². The van der Waals surface area contributed by atoms with Crippen molar-refractivity contribution in [3.63, 3.8) is 0 Å². The molecule has 0 saturated heterocycles. The summed E-state index contributed by atoms with van der Waals surface area (Å²) in [7, 11) is 0. The predicted octanol–water partition coefficient (Wildman–Crippen LogP) is 9.40. The molecule has 0 N–H and O–H groups in total. The van der Waals surface area contributed by atoms with Gasteiger partial charge in [0.2, 0.25) is 11.6 Å². The lowest BCUT2D eigenvalue weighted by Gasteiger charge is -2.28. The molecule has 2 aromatic rings. The fourth-order valence-corrected chi connectivity index (χ4v) is 5.76. The van der Waals surface area contributed by atoms with Gasteiger partial charge >= 0.3 is 0 Å². The van der Waals surface area contributed by atoms with Crippen LogP contribution in [0.5, 0.6) is 11.5 Å². The van der Waals surface area contributed by atoms with Gasteiger partial charge in [0, 0.05) is 0 Å². The van der Waals surface area contributed by atoms with Gasteiger partial charge in [-0.3, -0.25) is 0 Å².